The van der Waals surface area contributed by atoms with Crippen LogP contribution >= 0.6 is 0 Å². The number of hydrogen-bond donors (Lipinski definition) is 1. The zero-order valence-electron chi connectivity index (χ0n) is 8.16. The van der Waals surface area contributed by atoms with Crippen molar-refractivity contribution in [3.8, 4) is 0 Å². The number of carbonyl (C=O) groups excluding carboxylic acids is 1. The van der Waals surface area contributed by atoms with Crippen LogP contribution in [0.3, 0.4) is 0 Å². The number of aromatic nitrogens is 4. The first-order chi connectivity index (χ1) is 7.77. The topological polar surface area (TPSA) is 86.2 Å². The monoisotopic (exact) mass is 213 g/mol. The highest BCUT2D eigenvalue weighted by Crippen LogP contribution is 2.18. The minimum atomic E-state index is -0.537. The minimum absolute atomic E-state index is 0.323. The van der Waals surface area contributed by atoms with E-state index in [0.717, 1.165) is 10.9 Å². The number of primary amides is 1. The van der Waals surface area contributed by atoms with Crippen LogP contribution in [0.25, 0.3) is 16.6 Å². The summed E-state index contributed by atoms with van der Waals surface area (Å²) in [6.45, 7) is 0. The van der Waals surface area contributed by atoms with Gasteiger partial charge in [0.25, 0.3) is 5.91 Å². The molecule has 0 fully saturated rings. The molecule has 78 valence electrons. The Bertz CT molecular complexity index is 703. The SMILES string of the molecule is NC(=O)c1cc2ccccc2n2nnnc12. The molecule has 0 spiro atoms. The summed E-state index contributed by atoms with van der Waals surface area (Å²) in [5, 5.41) is 12.0. The Hall–Kier alpha value is -2.50. The van der Waals surface area contributed by atoms with E-state index in [0.29, 0.717) is 11.2 Å². The van der Waals surface area contributed by atoms with Crippen LogP contribution in [0.1, 0.15) is 10.4 Å². The molecular formula is C10H7N5O. The fraction of sp³-hybridized carbons (Fsp3) is 0. The molecule has 0 bridgehead atoms. The van der Waals surface area contributed by atoms with Crippen molar-refractivity contribution in [2.75, 3.05) is 0 Å². The first-order valence-electron chi connectivity index (χ1n) is 4.67. The maximum Gasteiger partial charge on any atom is 0.252 e. The van der Waals surface area contributed by atoms with Crippen molar-refractivity contribution in [2.45, 2.75) is 0 Å². The van der Waals surface area contributed by atoms with Gasteiger partial charge < -0.3 is 5.73 Å². The summed E-state index contributed by atoms with van der Waals surface area (Å²) in [5.41, 5.74) is 6.83. The number of rotatable bonds is 1. The molecule has 0 radical (unpaired) electrons. The smallest absolute Gasteiger partial charge is 0.252 e. The lowest BCUT2D eigenvalue weighted by atomic mass is 10.1. The molecule has 0 unspecified atom stereocenters. The number of tetrazole rings is 1. The van der Waals surface area contributed by atoms with E-state index in [-0.39, 0.29) is 0 Å². The van der Waals surface area contributed by atoms with E-state index in [1.54, 1.807) is 6.07 Å². The molecule has 0 saturated heterocycles. The van der Waals surface area contributed by atoms with Gasteiger partial charge in [-0.1, -0.05) is 18.2 Å². The lowest BCUT2D eigenvalue weighted by molar-refractivity contribution is 0.100. The van der Waals surface area contributed by atoms with Crippen molar-refractivity contribution in [3.05, 3.63) is 35.9 Å². The quantitative estimate of drug-likeness (QED) is 0.633. The van der Waals surface area contributed by atoms with Gasteiger partial charge in [0.2, 0.25) is 0 Å². The molecular weight excluding hydrogens is 206 g/mol. The lowest BCUT2D eigenvalue weighted by Gasteiger charge is -2.02. The van der Waals surface area contributed by atoms with E-state index in [1.165, 1.54) is 4.52 Å². The Morgan fingerprint density at radius 1 is 1.31 bits per heavy atom. The third kappa shape index (κ3) is 1.07. The maximum atomic E-state index is 11.3. The van der Waals surface area contributed by atoms with Gasteiger partial charge in [-0.3, -0.25) is 4.79 Å². The van der Waals surface area contributed by atoms with Gasteiger partial charge in [-0.15, -0.1) is 5.10 Å². The Balaban J connectivity index is 2.58. The van der Waals surface area contributed by atoms with Crippen molar-refractivity contribution in [2.24, 2.45) is 5.73 Å². The zero-order valence-corrected chi connectivity index (χ0v) is 8.16. The van der Waals surface area contributed by atoms with Crippen LogP contribution in [0.15, 0.2) is 30.3 Å². The second kappa shape index (κ2) is 2.99. The van der Waals surface area contributed by atoms with Crippen LogP contribution in [0, 0.1) is 0 Å². The van der Waals surface area contributed by atoms with Gasteiger partial charge in [0.1, 0.15) is 0 Å². The van der Waals surface area contributed by atoms with Gasteiger partial charge in [0.15, 0.2) is 5.65 Å². The normalized spacial score (nSPS) is 11.0. The van der Waals surface area contributed by atoms with Gasteiger partial charge >= 0.3 is 0 Å². The fourth-order valence-electron chi connectivity index (χ4n) is 1.72. The lowest BCUT2D eigenvalue weighted by Crippen LogP contribution is -2.13. The average Bonchev–Trinajstić information content (AvgIpc) is 2.76. The standard InChI is InChI=1S/C10H7N5O/c11-9(16)7-5-6-3-1-2-4-8(6)15-10(7)12-13-14-15/h1-5H,(H2,11,16). The Morgan fingerprint density at radius 2 is 2.12 bits per heavy atom. The second-order valence-corrected chi connectivity index (χ2v) is 3.40. The number of fused-ring (bicyclic) bond motifs is 3. The Morgan fingerprint density at radius 3 is 2.94 bits per heavy atom. The number of para-hydroxylation sites is 1. The molecule has 6 nitrogen and oxygen atoms in total. The predicted octanol–water partition coefficient (Wildman–Crippen LogP) is 0.376. The average molecular weight is 213 g/mol. The molecule has 0 aliphatic rings. The molecule has 0 atom stereocenters. The summed E-state index contributed by atoms with van der Waals surface area (Å²) in [7, 11) is 0. The van der Waals surface area contributed by atoms with Gasteiger partial charge in [0.05, 0.1) is 11.1 Å². The molecule has 0 aliphatic heterocycles. The summed E-state index contributed by atoms with van der Waals surface area (Å²) < 4.78 is 1.51. The summed E-state index contributed by atoms with van der Waals surface area (Å²) in [4.78, 5) is 11.3. The molecule has 2 heterocycles. The van der Waals surface area contributed by atoms with Gasteiger partial charge in [0, 0.05) is 5.39 Å². The van der Waals surface area contributed by atoms with E-state index in [1.807, 2.05) is 24.3 Å². The van der Waals surface area contributed by atoms with Crippen LogP contribution in [-0.4, -0.2) is 25.9 Å². The fourth-order valence-corrected chi connectivity index (χ4v) is 1.72. The van der Waals surface area contributed by atoms with Gasteiger partial charge in [-0.05, 0) is 22.6 Å². The van der Waals surface area contributed by atoms with Crippen LogP contribution in [0.4, 0.5) is 0 Å². The molecule has 3 aromatic rings. The predicted molar refractivity (Wildman–Crippen MR) is 56.8 cm³/mol. The Kier molecular flexibility index (Phi) is 1.64. The summed E-state index contributed by atoms with van der Waals surface area (Å²) in [6, 6.07) is 9.21. The molecule has 1 amide bonds. The molecule has 16 heavy (non-hydrogen) atoms. The summed E-state index contributed by atoms with van der Waals surface area (Å²) >= 11 is 0. The van der Waals surface area contributed by atoms with E-state index in [9.17, 15) is 4.79 Å². The number of benzene rings is 1. The maximum absolute atomic E-state index is 11.3. The molecule has 0 aliphatic carbocycles. The number of nitrogens with zero attached hydrogens (tertiary/aromatic N) is 4. The number of carbonyl (C=O) groups is 1. The highest BCUT2D eigenvalue weighted by atomic mass is 16.1. The molecule has 6 heteroatoms. The zero-order chi connectivity index (χ0) is 11.1. The van der Waals surface area contributed by atoms with Crippen LogP contribution < -0.4 is 5.73 Å². The third-order valence-electron chi connectivity index (χ3n) is 2.44. The first-order valence-corrected chi connectivity index (χ1v) is 4.67. The first kappa shape index (κ1) is 8.78. The van der Waals surface area contributed by atoms with E-state index in [4.69, 9.17) is 5.73 Å². The number of amides is 1. The molecule has 3 rings (SSSR count). The highest BCUT2D eigenvalue weighted by Gasteiger charge is 2.12. The molecule has 2 aromatic heterocycles. The van der Waals surface area contributed by atoms with E-state index < -0.39 is 5.91 Å². The van der Waals surface area contributed by atoms with Crippen molar-refractivity contribution >= 4 is 22.5 Å². The number of nitrogens with two attached hydrogens (primary N) is 1. The number of hydrogen-bond acceptors (Lipinski definition) is 4. The molecule has 0 saturated carbocycles. The summed E-state index contributed by atoms with van der Waals surface area (Å²) in [6.07, 6.45) is 0. The van der Waals surface area contributed by atoms with Crippen LogP contribution in [0.2, 0.25) is 0 Å². The minimum Gasteiger partial charge on any atom is -0.365 e. The third-order valence-corrected chi connectivity index (χ3v) is 2.44. The Labute approximate surface area is 89.7 Å². The highest BCUT2D eigenvalue weighted by molar-refractivity contribution is 6.02. The largest absolute Gasteiger partial charge is 0.365 e. The van der Waals surface area contributed by atoms with Gasteiger partial charge in [-0.25, -0.2) is 0 Å². The van der Waals surface area contributed by atoms with Crippen molar-refractivity contribution < 1.29 is 4.79 Å². The van der Waals surface area contributed by atoms with Crippen molar-refractivity contribution in [1.82, 2.24) is 20.0 Å². The summed E-state index contributed by atoms with van der Waals surface area (Å²) in [5.74, 6) is -0.537. The van der Waals surface area contributed by atoms with Crippen LogP contribution in [-0.2, 0) is 0 Å². The van der Waals surface area contributed by atoms with E-state index in [2.05, 4.69) is 15.5 Å². The van der Waals surface area contributed by atoms with E-state index >= 15 is 0 Å². The number of pyridine rings is 1. The second-order valence-electron chi connectivity index (χ2n) is 3.40. The molecule has 2 N–H and O–H groups in total. The van der Waals surface area contributed by atoms with Crippen molar-refractivity contribution in [3.63, 3.8) is 0 Å². The van der Waals surface area contributed by atoms with Crippen molar-refractivity contribution in [1.29, 1.82) is 0 Å². The van der Waals surface area contributed by atoms with Gasteiger partial charge in [-0.2, -0.15) is 4.52 Å². The molecule has 1 aromatic carbocycles. The van der Waals surface area contributed by atoms with Crippen LogP contribution in [0.5, 0.6) is 0 Å².